The van der Waals surface area contributed by atoms with Gasteiger partial charge in [-0.1, -0.05) is 0 Å². The van der Waals surface area contributed by atoms with Crippen molar-refractivity contribution >= 4 is 21.6 Å². The van der Waals surface area contributed by atoms with Crippen molar-refractivity contribution < 1.29 is 17.9 Å². The predicted octanol–water partition coefficient (Wildman–Crippen LogP) is 0.527. The Morgan fingerprint density at radius 2 is 2.00 bits per heavy atom. The number of hydrogen-bond acceptors (Lipinski definition) is 5. The summed E-state index contributed by atoms with van der Waals surface area (Å²) in [4.78, 5) is 14.3. The van der Waals surface area contributed by atoms with Crippen LogP contribution in [0.1, 0.15) is 19.4 Å². The molecule has 0 saturated carbocycles. The SMILES string of the molecule is CC1(C)C(=O)Nc2ccc(S(=O)(=O)NCCN3CCOCC3)cc21. The van der Waals surface area contributed by atoms with Crippen molar-refractivity contribution in [3.8, 4) is 0 Å². The zero-order valence-corrected chi connectivity index (χ0v) is 14.8. The normalized spacial score (nSPS) is 20.7. The monoisotopic (exact) mass is 353 g/mol. The van der Waals surface area contributed by atoms with Gasteiger partial charge in [0, 0.05) is 31.9 Å². The van der Waals surface area contributed by atoms with Gasteiger partial charge >= 0.3 is 0 Å². The maximum Gasteiger partial charge on any atom is 0.240 e. The molecule has 3 rings (SSSR count). The Kier molecular flexibility index (Phi) is 4.65. The highest BCUT2D eigenvalue weighted by atomic mass is 32.2. The molecule has 1 amide bonds. The van der Waals surface area contributed by atoms with Crippen molar-refractivity contribution in [1.29, 1.82) is 0 Å². The third-order valence-corrected chi connectivity index (χ3v) is 6.07. The van der Waals surface area contributed by atoms with Gasteiger partial charge in [0.05, 0.1) is 23.5 Å². The van der Waals surface area contributed by atoms with Crippen molar-refractivity contribution in [3.05, 3.63) is 23.8 Å². The van der Waals surface area contributed by atoms with Gasteiger partial charge < -0.3 is 10.1 Å². The van der Waals surface area contributed by atoms with Crippen LogP contribution in [0.2, 0.25) is 0 Å². The van der Waals surface area contributed by atoms with Gasteiger partial charge in [0.2, 0.25) is 15.9 Å². The van der Waals surface area contributed by atoms with E-state index in [-0.39, 0.29) is 10.8 Å². The summed E-state index contributed by atoms with van der Waals surface area (Å²) in [6.45, 7) is 7.60. The second kappa shape index (κ2) is 6.44. The van der Waals surface area contributed by atoms with Crippen molar-refractivity contribution in [2.45, 2.75) is 24.2 Å². The minimum atomic E-state index is -3.60. The quantitative estimate of drug-likeness (QED) is 0.806. The molecule has 0 radical (unpaired) electrons. The van der Waals surface area contributed by atoms with E-state index in [1.165, 1.54) is 6.07 Å². The molecule has 24 heavy (non-hydrogen) atoms. The third kappa shape index (κ3) is 3.32. The summed E-state index contributed by atoms with van der Waals surface area (Å²) in [6.07, 6.45) is 0. The topological polar surface area (TPSA) is 87.7 Å². The molecule has 1 aromatic rings. The Balaban J connectivity index is 1.69. The maximum absolute atomic E-state index is 12.5. The zero-order chi connectivity index (χ0) is 17.4. The van der Waals surface area contributed by atoms with Crippen LogP contribution >= 0.6 is 0 Å². The summed E-state index contributed by atoms with van der Waals surface area (Å²) in [5.41, 5.74) is 0.662. The minimum absolute atomic E-state index is 0.118. The fourth-order valence-corrected chi connectivity index (χ4v) is 4.01. The smallest absolute Gasteiger partial charge is 0.240 e. The Morgan fingerprint density at radius 1 is 1.29 bits per heavy atom. The third-order valence-electron chi connectivity index (χ3n) is 4.61. The molecule has 2 heterocycles. The summed E-state index contributed by atoms with van der Waals surface area (Å²) in [7, 11) is -3.60. The van der Waals surface area contributed by atoms with Crippen molar-refractivity contribution in [3.63, 3.8) is 0 Å². The number of benzene rings is 1. The number of sulfonamides is 1. The number of hydrogen-bond donors (Lipinski definition) is 2. The van der Waals surface area contributed by atoms with Crippen LogP contribution in [0.3, 0.4) is 0 Å². The fraction of sp³-hybridized carbons (Fsp3) is 0.562. The summed E-state index contributed by atoms with van der Waals surface area (Å²) >= 11 is 0. The molecule has 1 fully saturated rings. The number of amides is 1. The zero-order valence-electron chi connectivity index (χ0n) is 14.0. The molecule has 0 spiro atoms. The van der Waals surface area contributed by atoms with E-state index in [1.807, 2.05) is 0 Å². The van der Waals surface area contributed by atoms with E-state index in [0.29, 0.717) is 37.6 Å². The molecule has 2 aliphatic rings. The van der Waals surface area contributed by atoms with Crippen molar-refractivity contribution in [2.24, 2.45) is 0 Å². The molecule has 7 nitrogen and oxygen atoms in total. The summed E-state index contributed by atoms with van der Waals surface area (Å²) < 4.78 is 32.9. The number of anilines is 1. The number of nitrogens with zero attached hydrogens (tertiary/aromatic N) is 1. The number of carbonyl (C=O) groups is 1. The van der Waals surface area contributed by atoms with Gasteiger partial charge in [-0.3, -0.25) is 9.69 Å². The van der Waals surface area contributed by atoms with Crippen LogP contribution in [0.5, 0.6) is 0 Å². The number of rotatable bonds is 5. The summed E-state index contributed by atoms with van der Waals surface area (Å²) in [5.74, 6) is -0.118. The molecule has 1 aromatic carbocycles. The van der Waals surface area contributed by atoms with Gasteiger partial charge in [-0.05, 0) is 37.6 Å². The van der Waals surface area contributed by atoms with E-state index >= 15 is 0 Å². The van der Waals surface area contributed by atoms with Crippen LogP contribution in [0.15, 0.2) is 23.1 Å². The van der Waals surface area contributed by atoms with E-state index < -0.39 is 15.4 Å². The number of fused-ring (bicyclic) bond motifs is 1. The molecule has 0 aliphatic carbocycles. The number of morpholine rings is 1. The van der Waals surface area contributed by atoms with Gasteiger partial charge in [-0.2, -0.15) is 0 Å². The highest BCUT2D eigenvalue weighted by Gasteiger charge is 2.39. The molecule has 8 heteroatoms. The van der Waals surface area contributed by atoms with Crippen LogP contribution in [0, 0.1) is 0 Å². The first-order valence-electron chi connectivity index (χ1n) is 8.06. The fourth-order valence-electron chi connectivity index (χ4n) is 2.96. The molecule has 2 N–H and O–H groups in total. The number of ether oxygens (including phenoxy) is 1. The number of carbonyl (C=O) groups excluding carboxylic acids is 1. The molecular formula is C16H23N3O4S. The van der Waals surface area contributed by atoms with Gasteiger partial charge in [0.1, 0.15) is 0 Å². The van der Waals surface area contributed by atoms with E-state index in [0.717, 1.165) is 13.1 Å². The summed E-state index contributed by atoms with van der Waals surface area (Å²) in [6, 6.07) is 4.76. The maximum atomic E-state index is 12.5. The van der Waals surface area contributed by atoms with Crippen LogP contribution in [0.4, 0.5) is 5.69 Å². The van der Waals surface area contributed by atoms with Gasteiger partial charge in [-0.25, -0.2) is 13.1 Å². The van der Waals surface area contributed by atoms with Gasteiger partial charge in [0.15, 0.2) is 0 Å². The first kappa shape index (κ1) is 17.3. The molecule has 0 unspecified atom stereocenters. The first-order valence-corrected chi connectivity index (χ1v) is 9.55. The van der Waals surface area contributed by atoms with Crippen LogP contribution in [0.25, 0.3) is 0 Å². The predicted molar refractivity (Wildman–Crippen MR) is 90.5 cm³/mol. The molecule has 0 atom stereocenters. The Bertz CT molecular complexity index is 740. The van der Waals surface area contributed by atoms with Crippen LogP contribution < -0.4 is 10.0 Å². The lowest BCUT2D eigenvalue weighted by molar-refractivity contribution is -0.119. The Hall–Kier alpha value is -1.48. The molecule has 1 saturated heterocycles. The van der Waals surface area contributed by atoms with E-state index in [2.05, 4.69) is 14.9 Å². The first-order chi connectivity index (χ1) is 11.3. The standard InChI is InChI=1S/C16H23N3O4S/c1-16(2)13-11-12(3-4-14(13)18-15(16)20)24(21,22)17-5-6-19-7-9-23-10-8-19/h3-4,11,17H,5-10H2,1-2H3,(H,18,20). The lowest BCUT2D eigenvalue weighted by Gasteiger charge is -2.26. The Labute approximate surface area is 142 Å². The number of nitrogens with one attached hydrogen (secondary N) is 2. The average Bonchev–Trinajstić information content (AvgIpc) is 2.77. The van der Waals surface area contributed by atoms with Crippen molar-refractivity contribution in [1.82, 2.24) is 9.62 Å². The largest absolute Gasteiger partial charge is 0.379 e. The lowest BCUT2D eigenvalue weighted by atomic mass is 9.86. The van der Waals surface area contributed by atoms with Crippen molar-refractivity contribution in [2.75, 3.05) is 44.7 Å². The molecule has 132 valence electrons. The second-order valence-electron chi connectivity index (χ2n) is 6.64. The van der Waals surface area contributed by atoms with E-state index in [1.54, 1.807) is 26.0 Å². The molecular weight excluding hydrogens is 330 g/mol. The average molecular weight is 353 g/mol. The van der Waals surface area contributed by atoms with E-state index in [4.69, 9.17) is 4.74 Å². The molecule has 0 aromatic heterocycles. The van der Waals surface area contributed by atoms with Crippen LogP contribution in [-0.2, 0) is 25.0 Å². The highest BCUT2D eigenvalue weighted by molar-refractivity contribution is 7.89. The molecule has 2 aliphatic heterocycles. The summed E-state index contributed by atoms with van der Waals surface area (Å²) in [5, 5.41) is 2.78. The Morgan fingerprint density at radius 3 is 2.71 bits per heavy atom. The minimum Gasteiger partial charge on any atom is -0.379 e. The van der Waals surface area contributed by atoms with Gasteiger partial charge in [0.25, 0.3) is 0 Å². The van der Waals surface area contributed by atoms with Crippen LogP contribution in [-0.4, -0.2) is 58.6 Å². The van der Waals surface area contributed by atoms with E-state index in [9.17, 15) is 13.2 Å². The molecule has 0 bridgehead atoms. The van der Waals surface area contributed by atoms with Gasteiger partial charge in [-0.15, -0.1) is 0 Å². The highest BCUT2D eigenvalue weighted by Crippen LogP contribution is 2.38. The lowest BCUT2D eigenvalue weighted by Crippen LogP contribution is -2.41. The second-order valence-corrected chi connectivity index (χ2v) is 8.41.